The topological polar surface area (TPSA) is 64.0 Å². The van der Waals surface area contributed by atoms with Gasteiger partial charge in [-0.25, -0.2) is 35.7 Å². The fourth-order valence-corrected chi connectivity index (χ4v) is 4.51. The van der Waals surface area contributed by atoms with Gasteiger partial charge in [0.25, 0.3) is 0 Å². The zero-order chi connectivity index (χ0) is 22.2. The maximum absolute atomic E-state index is 14.1. The van der Waals surface area contributed by atoms with Crippen molar-refractivity contribution in [2.45, 2.75) is 17.5 Å². The molecule has 160 valence electrons. The Morgan fingerprint density at radius 3 is 2.32 bits per heavy atom. The van der Waals surface area contributed by atoms with E-state index >= 15 is 0 Å². The van der Waals surface area contributed by atoms with Crippen LogP contribution < -0.4 is 4.72 Å². The number of hydrogen-bond donors (Lipinski definition) is 1. The zero-order valence-corrected chi connectivity index (χ0v) is 16.6. The van der Waals surface area contributed by atoms with E-state index in [1.54, 1.807) is 28.8 Å². The summed E-state index contributed by atoms with van der Waals surface area (Å²) in [5.74, 6) is -4.96. The Morgan fingerprint density at radius 1 is 0.903 bits per heavy atom. The van der Waals surface area contributed by atoms with Crippen molar-refractivity contribution in [3.05, 3.63) is 95.8 Å². The Morgan fingerprint density at radius 2 is 1.58 bits per heavy atom. The molecule has 1 N–H and O–H groups in total. The van der Waals surface area contributed by atoms with Crippen molar-refractivity contribution in [2.24, 2.45) is 0 Å². The number of halogens is 4. The monoisotopic (exact) mass is 449 g/mol. The first-order valence-corrected chi connectivity index (χ1v) is 10.5. The molecule has 1 heterocycles. The molecule has 4 aromatic rings. The summed E-state index contributed by atoms with van der Waals surface area (Å²) in [6.07, 6.45) is 1.51. The Labute approximate surface area is 175 Å². The summed E-state index contributed by atoms with van der Waals surface area (Å²) >= 11 is 0. The second kappa shape index (κ2) is 8.12. The van der Waals surface area contributed by atoms with Crippen LogP contribution in [0.1, 0.15) is 11.6 Å². The third-order valence-electron chi connectivity index (χ3n) is 4.74. The van der Waals surface area contributed by atoms with Gasteiger partial charge < -0.3 is 4.57 Å². The number of para-hydroxylation sites is 2. The van der Waals surface area contributed by atoms with Crippen molar-refractivity contribution < 1.29 is 26.0 Å². The van der Waals surface area contributed by atoms with E-state index in [2.05, 4.69) is 9.71 Å². The Bertz CT molecular complexity index is 1360. The molecule has 0 aliphatic heterocycles. The fraction of sp³-hybridized carbons (Fsp3) is 0.0952. The molecule has 0 saturated heterocycles. The van der Waals surface area contributed by atoms with E-state index in [0.717, 1.165) is 12.1 Å². The quantitative estimate of drug-likeness (QED) is 0.352. The Balaban J connectivity index is 1.74. The van der Waals surface area contributed by atoms with Crippen molar-refractivity contribution >= 4 is 21.1 Å². The van der Waals surface area contributed by atoms with Crippen LogP contribution >= 0.6 is 0 Å². The molecule has 1 unspecified atom stereocenters. The summed E-state index contributed by atoms with van der Waals surface area (Å²) in [6.45, 7) is 0.0245. The van der Waals surface area contributed by atoms with Crippen LogP contribution in [-0.4, -0.2) is 18.0 Å². The van der Waals surface area contributed by atoms with Crippen LogP contribution in [0, 0.1) is 23.3 Å². The minimum atomic E-state index is -4.60. The molecule has 4 rings (SSSR count). The van der Waals surface area contributed by atoms with Gasteiger partial charge in [-0.2, -0.15) is 0 Å². The number of imidazole rings is 1. The van der Waals surface area contributed by atoms with Gasteiger partial charge in [-0.05, 0) is 35.9 Å². The van der Waals surface area contributed by atoms with Gasteiger partial charge >= 0.3 is 0 Å². The van der Waals surface area contributed by atoms with Crippen LogP contribution in [-0.2, 0) is 16.6 Å². The first kappa shape index (κ1) is 21.0. The molecule has 0 radical (unpaired) electrons. The minimum absolute atomic E-state index is 0.0245. The average molecular weight is 449 g/mol. The number of rotatable bonds is 6. The highest BCUT2D eigenvalue weighted by Crippen LogP contribution is 2.24. The third kappa shape index (κ3) is 4.30. The maximum atomic E-state index is 14.1. The predicted molar refractivity (Wildman–Crippen MR) is 106 cm³/mol. The summed E-state index contributed by atoms with van der Waals surface area (Å²) in [6, 6.07) is 11.7. The molecule has 0 saturated carbocycles. The van der Waals surface area contributed by atoms with Gasteiger partial charge in [0, 0.05) is 12.6 Å². The lowest BCUT2D eigenvalue weighted by molar-refractivity contribution is 0.476. The summed E-state index contributed by atoms with van der Waals surface area (Å²) in [7, 11) is -4.60. The number of benzene rings is 3. The van der Waals surface area contributed by atoms with Gasteiger partial charge in [0.2, 0.25) is 10.0 Å². The molecule has 0 amide bonds. The number of hydrogen-bond acceptors (Lipinski definition) is 3. The molecule has 5 nitrogen and oxygen atoms in total. The number of fused-ring (bicyclic) bond motifs is 1. The molecule has 31 heavy (non-hydrogen) atoms. The highest BCUT2D eigenvalue weighted by Gasteiger charge is 2.27. The van der Waals surface area contributed by atoms with Crippen molar-refractivity contribution in [1.82, 2.24) is 14.3 Å². The largest absolute Gasteiger partial charge is 0.329 e. The van der Waals surface area contributed by atoms with Crippen LogP contribution in [0.3, 0.4) is 0 Å². The molecule has 0 fully saturated rings. The van der Waals surface area contributed by atoms with E-state index in [-0.39, 0.29) is 18.7 Å². The molecule has 1 atom stereocenters. The Kier molecular flexibility index (Phi) is 5.50. The SMILES string of the molecule is O=S(=O)(NC(Cn1cnc2ccccc21)c1ccc(F)cc1)c1cc(F)c(F)cc1F. The minimum Gasteiger partial charge on any atom is -0.329 e. The van der Waals surface area contributed by atoms with Crippen molar-refractivity contribution in [3.63, 3.8) is 0 Å². The lowest BCUT2D eigenvalue weighted by Gasteiger charge is -2.20. The lowest BCUT2D eigenvalue weighted by Crippen LogP contribution is -2.32. The van der Waals surface area contributed by atoms with E-state index in [9.17, 15) is 26.0 Å². The van der Waals surface area contributed by atoms with E-state index < -0.39 is 44.2 Å². The summed E-state index contributed by atoms with van der Waals surface area (Å²) in [4.78, 5) is 3.21. The van der Waals surface area contributed by atoms with Gasteiger partial charge in [0.05, 0.1) is 23.4 Å². The van der Waals surface area contributed by atoms with E-state index in [0.29, 0.717) is 16.6 Å². The summed E-state index contributed by atoms with van der Waals surface area (Å²) in [5.41, 5.74) is 1.77. The molecule has 0 aliphatic carbocycles. The first-order chi connectivity index (χ1) is 14.7. The summed E-state index contributed by atoms with van der Waals surface area (Å²) in [5, 5.41) is 0. The fourth-order valence-electron chi connectivity index (χ4n) is 3.22. The van der Waals surface area contributed by atoms with Gasteiger partial charge in [-0.15, -0.1) is 0 Å². The molecular weight excluding hydrogens is 434 g/mol. The van der Waals surface area contributed by atoms with Gasteiger partial charge in [-0.1, -0.05) is 24.3 Å². The molecular formula is C21H15F4N3O2S. The van der Waals surface area contributed by atoms with Gasteiger partial charge in [-0.3, -0.25) is 0 Å². The second-order valence-electron chi connectivity index (χ2n) is 6.81. The van der Waals surface area contributed by atoms with Crippen molar-refractivity contribution in [1.29, 1.82) is 0 Å². The maximum Gasteiger partial charge on any atom is 0.244 e. The Hall–Kier alpha value is -3.24. The standard InChI is InChI=1S/C21H15F4N3O2S/c22-14-7-5-13(6-8-14)19(11-28-12-26-18-3-1-2-4-20(18)28)27-31(29,30)21-10-16(24)15(23)9-17(21)25/h1-10,12,19,27H,11H2. The normalized spacial score (nSPS) is 12.9. The van der Waals surface area contributed by atoms with Crippen LogP contribution in [0.5, 0.6) is 0 Å². The van der Waals surface area contributed by atoms with Gasteiger partial charge in [0.1, 0.15) is 16.5 Å². The number of nitrogens with zero attached hydrogens (tertiary/aromatic N) is 2. The van der Waals surface area contributed by atoms with E-state index in [1.165, 1.54) is 18.5 Å². The third-order valence-corrected chi connectivity index (χ3v) is 6.23. The molecule has 3 aromatic carbocycles. The average Bonchev–Trinajstić information content (AvgIpc) is 3.13. The van der Waals surface area contributed by atoms with E-state index in [1.807, 2.05) is 0 Å². The van der Waals surface area contributed by atoms with Gasteiger partial charge in [0.15, 0.2) is 11.6 Å². The number of sulfonamides is 1. The second-order valence-corrected chi connectivity index (χ2v) is 8.49. The van der Waals surface area contributed by atoms with E-state index in [4.69, 9.17) is 0 Å². The highest BCUT2D eigenvalue weighted by atomic mass is 32.2. The highest BCUT2D eigenvalue weighted by molar-refractivity contribution is 7.89. The van der Waals surface area contributed by atoms with Crippen molar-refractivity contribution in [3.8, 4) is 0 Å². The molecule has 1 aromatic heterocycles. The van der Waals surface area contributed by atoms with Crippen LogP contribution in [0.15, 0.2) is 71.9 Å². The van der Waals surface area contributed by atoms with Crippen molar-refractivity contribution in [2.75, 3.05) is 0 Å². The molecule has 0 aliphatic rings. The number of aromatic nitrogens is 2. The smallest absolute Gasteiger partial charge is 0.244 e. The molecule has 10 heteroatoms. The lowest BCUT2D eigenvalue weighted by atomic mass is 10.1. The number of nitrogens with one attached hydrogen (secondary N) is 1. The predicted octanol–water partition coefficient (Wildman–Crippen LogP) is 4.31. The first-order valence-electron chi connectivity index (χ1n) is 9.07. The zero-order valence-electron chi connectivity index (χ0n) is 15.8. The summed E-state index contributed by atoms with van der Waals surface area (Å²) < 4.78 is 84.0. The van der Waals surface area contributed by atoms with Crippen LogP contribution in [0.2, 0.25) is 0 Å². The molecule has 0 bridgehead atoms. The van der Waals surface area contributed by atoms with Crippen LogP contribution in [0.25, 0.3) is 11.0 Å². The molecule has 0 spiro atoms. The van der Waals surface area contributed by atoms with Crippen LogP contribution in [0.4, 0.5) is 17.6 Å².